The van der Waals surface area contributed by atoms with E-state index >= 15 is 0 Å². The standard InChI is InChI=1S/C15H21BFNO4/c1-6-20-13(19)10-7-9(8-11(17)12(10)18)16-21-14(2,3)15(4,5)22-16/h7-8H,6,18H2,1-5H3. The molecule has 0 aliphatic carbocycles. The maximum atomic E-state index is 14.0. The highest BCUT2D eigenvalue weighted by Gasteiger charge is 2.52. The van der Waals surface area contributed by atoms with Crippen molar-refractivity contribution in [3.05, 3.63) is 23.5 Å². The quantitative estimate of drug-likeness (QED) is 0.524. The van der Waals surface area contributed by atoms with Crippen LogP contribution in [0.15, 0.2) is 12.1 Å². The van der Waals surface area contributed by atoms with Gasteiger partial charge in [-0.3, -0.25) is 0 Å². The van der Waals surface area contributed by atoms with Gasteiger partial charge in [0.15, 0.2) is 0 Å². The van der Waals surface area contributed by atoms with Crippen LogP contribution in [0.25, 0.3) is 0 Å². The number of hydrogen-bond acceptors (Lipinski definition) is 5. The van der Waals surface area contributed by atoms with E-state index in [-0.39, 0.29) is 17.9 Å². The van der Waals surface area contributed by atoms with Crippen molar-refractivity contribution in [3.8, 4) is 0 Å². The molecule has 1 saturated heterocycles. The summed E-state index contributed by atoms with van der Waals surface area (Å²) in [4.78, 5) is 11.9. The first-order chi connectivity index (χ1) is 10.1. The molecule has 120 valence electrons. The average molecular weight is 309 g/mol. The number of nitrogens with two attached hydrogens (primary N) is 1. The molecule has 7 heteroatoms. The second-order valence-corrected chi connectivity index (χ2v) is 6.27. The van der Waals surface area contributed by atoms with Crippen LogP contribution in [0.2, 0.25) is 0 Å². The molecule has 1 heterocycles. The maximum absolute atomic E-state index is 14.0. The number of esters is 1. The van der Waals surface area contributed by atoms with Crippen LogP contribution in [0.4, 0.5) is 10.1 Å². The Hall–Kier alpha value is -1.60. The van der Waals surface area contributed by atoms with Crippen molar-refractivity contribution in [2.24, 2.45) is 0 Å². The molecular weight excluding hydrogens is 288 g/mol. The van der Waals surface area contributed by atoms with Crippen molar-refractivity contribution in [2.75, 3.05) is 12.3 Å². The number of rotatable bonds is 3. The van der Waals surface area contributed by atoms with Crippen LogP contribution in [0, 0.1) is 5.82 Å². The molecule has 1 aliphatic heterocycles. The Morgan fingerprint density at radius 2 is 1.82 bits per heavy atom. The maximum Gasteiger partial charge on any atom is 0.494 e. The van der Waals surface area contributed by atoms with Gasteiger partial charge < -0.3 is 19.8 Å². The lowest BCUT2D eigenvalue weighted by Gasteiger charge is -2.32. The number of anilines is 1. The average Bonchev–Trinajstić information content (AvgIpc) is 2.61. The molecular formula is C15H21BFNO4. The molecule has 0 unspecified atom stereocenters. The molecule has 2 N–H and O–H groups in total. The molecule has 0 bridgehead atoms. The Morgan fingerprint density at radius 3 is 2.32 bits per heavy atom. The molecule has 2 rings (SSSR count). The smallest absolute Gasteiger partial charge is 0.462 e. The van der Waals surface area contributed by atoms with Crippen LogP contribution in [-0.4, -0.2) is 30.9 Å². The number of benzene rings is 1. The van der Waals surface area contributed by atoms with Crippen molar-refractivity contribution >= 4 is 24.2 Å². The minimum absolute atomic E-state index is 0.0217. The van der Waals surface area contributed by atoms with Crippen molar-refractivity contribution in [3.63, 3.8) is 0 Å². The van der Waals surface area contributed by atoms with Gasteiger partial charge in [-0.05, 0) is 52.2 Å². The van der Waals surface area contributed by atoms with E-state index in [0.717, 1.165) is 0 Å². The van der Waals surface area contributed by atoms with Gasteiger partial charge in [-0.25, -0.2) is 9.18 Å². The Bertz CT molecular complexity index is 587. The van der Waals surface area contributed by atoms with Crippen molar-refractivity contribution in [1.82, 2.24) is 0 Å². The van der Waals surface area contributed by atoms with Crippen LogP contribution in [0.1, 0.15) is 45.0 Å². The van der Waals surface area contributed by atoms with Gasteiger partial charge in [0.05, 0.1) is 29.1 Å². The fourth-order valence-corrected chi connectivity index (χ4v) is 2.13. The second kappa shape index (κ2) is 5.55. The van der Waals surface area contributed by atoms with Gasteiger partial charge in [-0.15, -0.1) is 0 Å². The topological polar surface area (TPSA) is 70.8 Å². The van der Waals surface area contributed by atoms with E-state index in [1.807, 2.05) is 27.7 Å². The van der Waals surface area contributed by atoms with Crippen LogP contribution in [0.5, 0.6) is 0 Å². The fourth-order valence-electron chi connectivity index (χ4n) is 2.13. The first-order valence-corrected chi connectivity index (χ1v) is 7.20. The number of nitrogen functional groups attached to an aromatic ring is 1. The summed E-state index contributed by atoms with van der Waals surface area (Å²) < 4.78 is 30.6. The summed E-state index contributed by atoms with van der Waals surface area (Å²) in [6.07, 6.45) is 0. The van der Waals surface area contributed by atoms with Gasteiger partial charge in [0.1, 0.15) is 5.82 Å². The fraction of sp³-hybridized carbons (Fsp3) is 0.533. The molecule has 0 aromatic heterocycles. The lowest BCUT2D eigenvalue weighted by Crippen LogP contribution is -2.41. The zero-order chi connectivity index (χ0) is 16.7. The summed E-state index contributed by atoms with van der Waals surface area (Å²) in [5, 5.41) is 0. The summed E-state index contributed by atoms with van der Waals surface area (Å²) >= 11 is 0. The molecule has 1 aliphatic rings. The summed E-state index contributed by atoms with van der Waals surface area (Å²) in [5.41, 5.74) is 4.66. The minimum atomic E-state index is -0.770. The molecule has 1 fully saturated rings. The highest BCUT2D eigenvalue weighted by molar-refractivity contribution is 6.62. The van der Waals surface area contributed by atoms with Crippen LogP contribution >= 0.6 is 0 Å². The lowest BCUT2D eigenvalue weighted by molar-refractivity contribution is 0.00578. The Morgan fingerprint density at radius 1 is 1.27 bits per heavy atom. The van der Waals surface area contributed by atoms with Gasteiger partial charge in [0, 0.05) is 0 Å². The highest BCUT2D eigenvalue weighted by atomic mass is 19.1. The number of halogens is 1. The number of ether oxygens (including phenoxy) is 1. The Labute approximate surface area is 130 Å². The number of carbonyl (C=O) groups is 1. The van der Waals surface area contributed by atoms with Gasteiger partial charge in [0.2, 0.25) is 0 Å². The third-order valence-electron chi connectivity index (χ3n) is 4.17. The largest absolute Gasteiger partial charge is 0.494 e. The first-order valence-electron chi connectivity index (χ1n) is 7.20. The van der Waals surface area contributed by atoms with Gasteiger partial charge >= 0.3 is 13.1 Å². The number of hydrogen-bond donors (Lipinski definition) is 1. The van der Waals surface area contributed by atoms with E-state index in [0.29, 0.717) is 5.46 Å². The van der Waals surface area contributed by atoms with Gasteiger partial charge in [-0.1, -0.05) is 0 Å². The predicted octanol–water partition coefficient (Wildman–Crippen LogP) is 1.88. The highest BCUT2D eigenvalue weighted by Crippen LogP contribution is 2.36. The summed E-state index contributed by atoms with van der Waals surface area (Å²) in [7, 11) is -0.770. The number of carbonyl (C=O) groups excluding carboxylic acids is 1. The zero-order valence-electron chi connectivity index (χ0n) is 13.5. The third kappa shape index (κ3) is 2.83. The van der Waals surface area contributed by atoms with Crippen molar-refractivity contribution in [1.29, 1.82) is 0 Å². The monoisotopic (exact) mass is 309 g/mol. The van der Waals surface area contributed by atoms with E-state index in [2.05, 4.69) is 0 Å². The van der Waals surface area contributed by atoms with Crippen molar-refractivity contribution < 1.29 is 23.2 Å². The SMILES string of the molecule is CCOC(=O)c1cc(B2OC(C)(C)C(C)(C)O2)cc(F)c1N. The summed E-state index contributed by atoms with van der Waals surface area (Å²) in [5.74, 6) is -1.37. The molecule has 22 heavy (non-hydrogen) atoms. The molecule has 0 spiro atoms. The minimum Gasteiger partial charge on any atom is -0.462 e. The molecule has 0 radical (unpaired) electrons. The normalized spacial score (nSPS) is 19.3. The molecule has 0 atom stereocenters. The van der Waals surface area contributed by atoms with Crippen LogP contribution in [-0.2, 0) is 14.0 Å². The summed E-state index contributed by atoms with van der Waals surface area (Å²) in [6, 6.07) is 2.68. The van der Waals surface area contributed by atoms with E-state index < -0.39 is 30.1 Å². The molecule has 5 nitrogen and oxygen atoms in total. The predicted molar refractivity (Wildman–Crippen MR) is 82.5 cm³/mol. The second-order valence-electron chi connectivity index (χ2n) is 6.27. The molecule has 0 amide bonds. The van der Waals surface area contributed by atoms with Crippen molar-refractivity contribution in [2.45, 2.75) is 45.8 Å². The van der Waals surface area contributed by atoms with Crippen LogP contribution < -0.4 is 11.2 Å². The van der Waals surface area contributed by atoms with Gasteiger partial charge in [0.25, 0.3) is 0 Å². The molecule has 1 aromatic carbocycles. The molecule has 1 aromatic rings. The zero-order valence-corrected chi connectivity index (χ0v) is 13.5. The van der Waals surface area contributed by atoms with E-state index in [1.54, 1.807) is 6.92 Å². The Balaban J connectivity index is 2.40. The van der Waals surface area contributed by atoms with E-state index in [4.69, 9.17) is 19.8 Å². The molecule has 0 saturated carbocycles. The lowest BCUT2D eigenvalue weighted by atomic mass is 9.78. The first kappa shape index (κ1) is 16.8. The summed E-state index contributed by atoms with van der Waals surface area (Å²) in [6.45, 7) is 9.43. The van der Waals surface area contributed by atoms with E-state index in [9.17, 15) is 9.18 Å². The van der Waals surface area contributed by atoms with Crippen LogP contribution in [0.3, 0.4) is 0 Å². The van der Waals surface area contributed by atoms with Gasteiger partial charge in [-0.2, -0.15) is 0 Å². The third-order valence-corrected chi connectivity index (χ3v) is 4.17. The van der Waals surface area contributed by atoms with E-state index in [1.165, 1.54) is 12.1 Å². The Kier molecular flexibility index (Phi) is 4.23.